The first-order valence-corrected chi connectivity index (χ1v) is 11.2. The number of aromatic nitrogens is 1. The monoisotopic (exact) mass is 403 g/mol. The SMILES string of the molecule is Clc1ccc(C2=CC(c3ccc[nH]3)=NC2=CNC23CC4CC(CC(C4)C2)C3)cc1. The lowest BCUT2D eigenvalue weighted by molar-refractivity contribution is -0.0130. The number of allylic oxidation sites excluding steroid dienone is 2. The van der Waals surface area contributed by atoms with Gasteiger partial charge in [0.1, 0.15) is 0 Å². The van der Waals surface area contributed by atoms with Gasteiger partial charge >= 0.3 is 0 Å². The third-order valence-corrected chi connectivity index (χ3v) is 7.63. The molecule has 1 aromatic carbocycles. The lowest BCUT2D eigenvalue weighted by atomic mass is 9.53. The molecule has 4 fully saturated rings. The standard InChI is InChI=1S/C25H26ClN3/c26-20-5-3-19(4-6-20)21-11-23(22-2-1-7-27-22)29-24(21)15-28-25-12-16-8-17(13-25)10-18(9-16)14-25/h1-7,11,15-18,27-28H,8-10,12-14H2. The van der Waals surface area contributed by atoms with E-state index in [1.54, 1.807) is 0 Å². The van der Waals surface area contributed by atoms with Crippen LogP contribution in [0.15, 0.2) is 65.6 Å². The van der Waals surface area contributed by atoms with E-state index in [9.17, 15) is 0 Å². The molecule has 0 unspecified atom stereocenters. The van der Waals surface area contributed by atoms with Crippen molar-refractivity contribution in [2.75, 3.05) is 0 Å². The molecule has 0 atom stereocenters. The number of aromatic amines is 1. The van der Waals surface area contributed by atoms with Crippen molar-refractivity contribution in [3.05, 3.63) is 76.8 Å². The third-order valence-electron chi connectivity index (χ3n) is 7.38. The first-order chi connectivity index (χ1) is 14.2. The van der Waals surface area contributed by atoms with Crippen molar-refractivity contribution in [1.29, 1.82) is 0 Å². The van der Waals surface area contributed by atoms with Crippen LogP contribution in [-0.2, 0) is 0 Å². The highest BCUT2D eigenvalue weighted by Crippen LogP contribution is 2.55. The molecule has 0 radical (unpaired) electrons. The van der Waals surface area contributed by atoms with Gasteiger partial charge in [0.15, 0.2) is 0 Å². The van der Waals surface area contributed by atoms with Gasteiger partial charge in [0.25, 0.3) is 0 Å². The van der Waals surface area contributed by atoms with E-state index in [1.165, 1.54) is 38.5 Å². The summed E-state index contributed by atoms with van der Waals surface area (Å²) in [4.78, 5) is 8.27. The van der Waals surface area contributed by atoms with Crippen LogP contribution in [0.1, 0.15) is 49.8 Å². The van der Waals surface area contributed by atoms with Gasteiger partial charge in [-0.3, -0.25) is 0 Å². The molecule has 2 aromatic rings. The van der Waals surface area contributed by atoms with Crippen molar-refractivity contribution in [1.82, 2.24) is 10.3 Å². The number of halogens is 1. The Morgan fingerprint density at radius 2 is 1.69 bits per heavy atom. The van der Waals surface area contributed by atoms with Crippen molar-refractivity contribution in [3.63, 3.8) is 0 Å². The highest BCUT2D eigenvalue weighted by molar-refractivity contribution is 6.30. The zero-order valence-corrected chi connectivity index (χ0v) is 17.3. The van der Waals surface area contributed by atoms with Gasteiger partial charge in [-0.25, -0.2) is 4.99 Å². The Morgan fingerprint density at radius 3 is 2.31 bits per heavy atom. The predicted octanol–water partition coefficient (Wildman–Crippen LogP) is 5.95. The average molecular weight is 404 g/mol. The van der Waals surface area contributed by atoms with Crippen LogP contribution in [-0.4, -0.2) is 16.2 Å². The molecule has 1 aliphatic heterocycles. The van der Waals surface area contributed by atoms with Crippen LogP contribution in [0.2, 0.25) is 5.02 Å². The summed E-state index contributed by atoms with van der Waals surface area (Å²) in [5.74, 6) is 2.79. The summed E-state index contributed by atoms with van der Waals surface area (Å²) in [6.07, 6.45) is 14.7. The molecule has 148 valence electrons. The summed E-state index contributed by atoms with van der Waals surface area (Å²) in [5, 5.41) is 4.66. The maximum atomic E-state index is 6.12. The fraction of sp³-hybridized carbons (Fsp3) is 0.400. The number of hydrogen-bond acceptors (Lipinski definition) is 2. The zero-order valence-electron chi connectivity index (χ0n) is 16.5. The smallest absolute Gasteiger partial charge is 0.0879 e. The Balaban J connectivity index is 1.33. The minimum atomic E-state index is 0.289. The molecular formula is C25H26ClN3. The second kappa shape index (κ2) is 6.63. The van der Waals surface area contributed by atoms with Crippen molar-refractivity contribution in [2.45, 2.75) is 44.1 Å². The lowest BCUT2D eigenvalue weighted by Gasteiger charge is -2.57. The summed E-state index contributed by atoms with van der Waals surface area (Å²) in [6, 6.07) is 12.2. The lowest BCUT2D eigenvalue weighted by Crippen LogP contribution is -2.57. The number of nitrogens with one attached hydrogen (secondary N) is 2. The van der Waals surface area contributed by atoms with Crippen LogP contribution in [0.3, 0.4) is 0 Å². The molecular weight excluding hydrogens is 378 g/mol. The molecule has 4 saturated carbocycles. The van der Waals surface area contributed by atoms with E-state index in [2.05, 4.69) is 40.8 Å². The van der Waals surface area contributed by atoms with Crippen LogP contribution in [0.5, 0.6) is 0 Å². The van der Waals surface area contributed by atoms with E-state index in [0.29, 0.717) is 0 Å². The molecule has 1 aromatic heterocycles. The van der Waals surface area contributed by atoms with Gasteiger partial charge in [-0.2, -0.15) is 0 Å². The number of hydrogen-bond donors (Lipinski definition) is 2. The van der Waals surface area contributed by atoms with Gasteiger partial charge in [-0.15, -0.1) is 0 Å². The molecule has 5 aliphatic rings. The number of benzene rings is 1. The number of H-pyrrole nitrogens is 1. The summed E-state index contributed by atoms with van der Waals surface area (Å²) in [7, 11) is 0. The summed E-state index contributed by atoms with van der Waals surface area (Å²) in [6.45, 7) is 0. The maximum absolute atomic E-state index is 6.12. The highest BCUT2D eigenvalue weighted by Gasteiger charge is 2.50. The van der Waals surface area contributed by atoms with E-state index < -0.39 is 0 Å². The minimum Gasteiger partial charge on any atom is -0.384 e. The van der Waals surface area contributed by atoms with Crippen molar-refractivity contribution in [3.8, 4) is 0 Å². The Bertz CT molecular complexity index is 976. The largest absolute Gasteiger partial charge is 0.384 e. The average Bonchev–Trinajstić information content (AvgIpc) is 3.36. The van der Waals surface area contributed by atoms with Gasteiger partial charge in [0, 0.05) is 28.5 Å². The molecule has 7 rings (SSSR count). The predicted molar refractivity (Wildman–Crippen MR) is 119 cm³/mol. The van der Waals surface area contributed by atoms with Crippen LogP contribution < -0.4 is 5.32 Å². The Morgan fingerprint density at radius 1 is 1.00 bits per heavy atom. The van der Waals surface area contributed by atoms with Crippen molar-refractivity contribution < 1.29 is 0 Å². The third kappa shape index (κ3) is 3.16. The van der Waals surface area contributed by atoms with Gasteiger partial charge in [0.2, 0.25) is 0 Å². The summed E-state index contributed by atoms with van der Waals surface area (Å²) < 4.78 is 0. The number of rotatable bonds is 4. The Hall–Kier alpha value is -2.26. The van der Waals surface area contributed by atoms with Gasteiger partial charge in [0.05, 0.1) is 17.1 Å². The molecule has 4 heteroatoms. The molecule has 4 bridgehead atoms. The first kappa shape index (κ1) is 17.6. The van der Waals surface area contributed by atoms with Crippen LogP contribution in [0, 0.1) is 17.8 Å². The minimum absolute atomic E-state index is 0.289. The van der Waals surface area contributed by atoms with Crippen molar-refractivity contribution in [2.24, 2.45) is 22.7 Å². The first-order valence-electron chi connectivity index (χ1n) is 10.8. The van der Waals surface area contributed by atoms with E-state index in [-0.39, 0.29) is 5.54 Å². The van der Waals surface area contributed by atoms with Crippen molar-refractivity contribution >= 4 is 22.9 Å². The number of aliphatic imine (C=N–C) groups is 1. The zero-order chi connectivity index (χ0) is 19.4. The molecule has 0 saturated heterocycles. The molecule has 29 heavy (non-hydrogen) atoms. The van der Waals surface area contributed by atoms with E-state index >= 15 is 0 Å². The second-order valence-corrected chi connectivity index (χ2v) is 9.95. The van der Waals surface area contributed by atoms with Crippen LogP contribution in [0.25, 0.3) is 5.57 Å². The molecule has 3 nitrogen and oxygen atoms in total. The second-order valence-electron chi connectivity index (χ2n) is 9.52. The quantitative estimate of drug-likeness (QED) is 0.650. The van der Waals surface area contributed by atoms with Crippen LogP contribution >= 0.6 is 11.6 Å². The Labute approximate surface area is 177 Å². The van der Waals surface area contributed by atoms with E-state index in [4.69, 9.17) is 16.6 Å². The van der Waals surface area contributed by atoms with Gasteiger partial charge in [-0.1, -0.05) is 23.7 Å². The van der Waals surface area contributed by atoms with Gasteiger partial charge < -0.3 is 10.3 Å². The molecule has 2 N–H and O–H groups in total. The summed E-state index contributed by atoms with van der Waals surface area (Å²) >= 11 is 6.12. The highest BCUT2D eigenvalue weighted by atomic mass is 35.5. The van der Waals surface area contributed by atoms with E-state index in [0.717, 1.165) is 51.0 Å². The fourth-order valence-corrected chi connectivity index (χ4v) is 6.67. The molecule has 2 heterocycles. The van der Waals surface area contributed by atoms with E-state index in [1.807, 2.05) is 24.4 Å². The fourth-order valence-electron chi connectivity index (χ4n) is 6.54. The Kier molecular flexibility index (Phi) is 4.02. The topological polar surface area (TPSA) is 40.2 Å². The summed E-state index contributed by atoms with van der Waals surface area (Å²) in [5.41, 5.74) is 5.65. The van der Waals surface area contributed by atoms with Gasteiger partial charge in [-0.05, 0) is 92.2 Å². The molecule has 0 spiro atoms. The molecule has 0 amide bonds. The number of nitrogens with zero attached hydrogens (tertiary/aromatic N) is 1. The maximum Gasteiger partial charge on any atom is 0.0879 e. The molecule has 4 aliphatic carbocycles. The van der Waals surface area contributed by atoms with Crippen LogP contribution in [0.4, 0.5) is 0 Å². The normalized spacial score (nSPS) is 33.8.